The van der Waals surface area contributed by atoms with Gasteiger partial charge in [0.15, 0.2) is 0 Å². The zero-order valence-electron chi connectivity index (χ0n) is 15.2. The SMILES string of the molecule is CC(C)(C#N)C(C)(C)CC#N.CC(C)(C#N)CC(C)(C)C#N. The molecule has 4 heteroatoms. The first-order valence-corrected chi connectivity index (χ1v) is 7.31. The Morgan fingerprint density at radius 2 is 1.00 bits per heavy atom. The average Bonchev–Trinajstić information content (AvgIpc) is 2.38. The number of nitriles is 4. The van der Waals surface area contributed by atoms with Crippen LogP contribution in [0.5, 0.6) is 0 Å². The summed E-state index contributed by atoms with van der Waals surface area (Å²) in [7, 11) is 0. The summed E-state index contributed by atoms with van der Waals surface area (Å²) >= 11 is 0. The predicted octanol–water partition coefficient (Wildman–Crippen LogP) is 4.95. The van der Waals surface area contributed by atoms with Gasteiger partial charge < -0.3 is 0 Å². The van der Waals surface area contributed by atoms with E-state index >= 15 is 0 Å². The largest absolute Gasteiger partial charge is 0.198 e. The van der Waals surface area contributed by atoms with Gasteiger partial charge in [-0.05, 0) is 53.4 Å². The Bertz CT molecular complexity index is 501. The normalized spacial score (nSPS) is 11.8. The van der Waals surface area contributed by atoms with Crippen LogP contribution in [0.3, 0.4) is 0 Å². The van der Waals surface area contributed by atoms with Crippen LogP contribution in [0.1, 0.15) is 68.2 Å². The third-order valence-corrected chi connectivity index (χ3v) is 3.98. The lowest BCUT2D eigenvalue weighted by Gasteiger charge is -2.33. The van der Waals surface area contributed by atoms with E-state index in [2.05, 4.69) is 24.3 Å². The fourth-order valence-electron chi connectivity index (χ4n) is 1.75. The highest BCUT2D eigenvalue weighted by Gasteiger charge is 2.36. The van der Waals surface area contributed by atoms with E-state index in [1.165, 1.54) is 0 Å². The molecule has 0 heterocycles. The van der Waals surface area contributed by atoms with Gasteiger partial charge in [-0.2, -0.15) is 21.0 Å². The van der Waals surface area contributed by atoms with Crippen molar-refractivity contribution < 1.29 is 0 Å². The van der Waals surface area contributed by atoms with Gasteiger partial charge in [-0.15, -0.1) is 0 Å². The Hall–Kier alpha value is -2.04. The summed E-state index contributed by atoms with van der Waals surface area (Å²) in [5.41, 5.74) is -1.43. The molecule has 22 heavy (non-hydrogen) atoms. The van der Waals surface area contributed by atoms with E-state index in [9.17, 15) is 0 Å². The Morgan fingerprint density at radius 3 is 1.23 bits per heavy atom. The van der Waals surface area contributed by atoms with E-state index in [1.54, 1.807) is 0 Å². The minimum absolute atomic E-state index is 0.226. The van der Waals surface area contributed by atoms with Crippen LogP contribution in [0.4, 0.5) is 0 Å². The molecule has 0 atom stereocenters. The summed E-state index contributed by atoms with van der Waals surface area (Å²) in [5, 5.41) is 34.7. The van der Waals surface area contributed by atoms with Crippen LogP contribution in [-0.2, 0) is 0 Å². The maximum atomic E-state index is 8.80. The highest BCUT2D eigenvalue weighted by atomic mass is 14.4. The Balaban J connectivity index is 0. The second kappa shape index (κ2) is 7.82. The van der Waals surface area contributed by atoms with Gasteiger partial charge in [0.05, 0.1) is 40.5 Å². The molecule has 0 aliphatic heterocycles. The molecule has 0 unspecified atom stereocenters. The topological polar surface area (TPSA) is 95.2 Å². The molecule has 0 saturated heterocycles. The van der Waals surface area contributed by atoms with Crippen LogP contribution < -0.4 is 0 Å². The summed E-state index contributed by atoms with van der Waals surface area (Å²) < 4.78 is 0. The van der Waals surface area contributed by atoms with Crippen molar-refractivity contribution in [1.82, 2.24) is 0 Å². The molecule has 0 amide bonds. The second-order valence-corrected chi connectivity index (χ2v) is 8.12. The van der Waals surface area contributed by atoms with Gasteiger partial charge in [0, 0.05) is 6.42 Å². The molecular weight excluding hydrogens is 272 g/mol. The molecular formula is C18H28N4. The maximum Gasteiger partial charge on any atom is 0.0689 e. The van der Waals surface area contributed by atoms with Crippen molar-refractivity contribution in [2.24, 2.45) is 21.7 Å². The van der Waals surface area contributed by atoms with E-state index in [1.807, 2.05) is 55.4 Å². The van der Waals surface area contributed by atoms with Crippen molar-refractivity contribution in [2.75, 3.05) is 0 Å². The van der Waals surface area contributed by atoms with Gasteiger partial charge >= 0.3 is 0 Å². The molecule has 0 fully saturated rings. The molecule has 0 saturated carbocycles. The fourth-order valence-corrected chi connectivity index (χ4v) is 1.75. The van der Waals surface area contributed by atoms with E-state index in [0.29, 0.717) is 12.8 Å². The molecule has 0 aromatic rings. The van der Waals surface area contributed by atoms with Crippen molar-refractivity contribution in [1.29, 1.82) is 21.0 Å². The number of hydrogen-bond acceptors (Lipinski definition) is 4. The van der Waals surface area contributed by atoms with Crippen LogP contribution in [0, 0.1) is 67.0 Å². The zero-order valence-corrected chi connectivity index (χ0v) is 15.2. The smallest absolute Gasteiger partial charge is 0.0689 e. The quantitative estimate of drug-likeness (QED) is 0.733. The third-order valence-electron chi connectivity index (χ3n) is 3.98. The molecule has 0 aromatic carbocycles. The van der Waals surface area contributed by atoms with Crippen LogP contribution in [-0.4, -0.2) is 0 Å². The Kier molecular flexibility index (Phi) is 7.91. The maximum absolute atomic E-state index is 8.80. The standard InChI is InChI=1S/2C9H14N2/c1-8(2,6-10)5-9(3,4)7-11;1-8(2,5-6-10)9(3,4)7-11/h2*5H2,1-4H3. The van der Waals surface area contributed by atoms with Crippen molar-refractivity contribution in [3.63, 3.8) is 0 Å². The lowest BCUT2D eigenvalue weighted by atomic mass is 9.67. The van der Waals surface area contributed by atoms with Gasteiger partial charge in [0.25, 0.3) is 0 Å². The van der Waals surface area contributed by atoms with Crippen LogP contribution in [0.25, 0.3) is 0 Å². The van der Waals surface area contributed by atoms with E-state index in [4.69, 9.17) is 21.0 Å². The zero-order chi connectivity index (χ0) is 18.2. The Labute approximate surface area is 136 Å². The molecule has 0 radical (unpaired) electrons. The summed E-state index contributed by atoms with van der Waals surface area (Å²) in [5.74, 6) is 0. The lowest BCUT2D eigenvalue weighted by molar-refractivity contribution is 0.180. The molecule has 0 N–H and O–H groups in total. The molecule has 0 rings (SSSR count). The first-order valence-electron chi connectivity index (χ1n) is 7.31. The monoisotopic (exact) mass is 300 g/mol. The van der Waals surface area contributed by atoms with Gasteiger partial charge in [0.2, 0.25) is 0 Å². The van der Waals surface area contributed by atoms with Crippen molar-refractivity contribution in [3.8, 4) is 24.3 Å². The highest BCUT2D eigenvalue weighted by Crippen LogP contribution is 2.40. The van der Waals surface area contributed by atoms with Gasteiger partial charge in [-0.3, -0.25) is 0 Å². The van der Waals surface area contributed by atoms with Crippen molar-refractivity contribution in [2.45, 2.75) is 68.2 Å². The molecule has 0 aliphatic rings. The minimum Gasteiger partial charge on any atom is -0.198 e. The summed E-state index contributed by atoms with van der Waals surface area (Å²) in [6.07, 6.45) is 1.04. The number of rotatable bonds is 4. The van der Waals surface area contributed by atoms with Crippen molar-refractivity contribution >= 4 is 0 Å². The second-order valence-electron chi connectivity index (χ2n) is 8.12. The average molecular weight is 300 g/mol. The van der Waals surface area contributed by atoms with E-state index in [0.717, 1.165) is 0 Å². The highest BCUT2D eigenvalue weighted by molar-refractivity contribution is 5.04. The minimum atomic E-state index is -0.428. The first kappa shape index (κ1) is 22.2. The number of nitrogens with zero attached hydrogens (tertiary/aromatic N) is 4. The fraction of sp³-hybridized carbons (Fsp3) is 0.778. The van der Waals surface area contributed by atoms with Crippen LogP contribution in [0.15, 0.2) is 0 Å². The molecule has 0 spiro atoms. The third kappa shape index (κ3) is 7.67. The van der Waals surface area contributed by atoms with Gasteiger partial charge in [0.1, 0.15) is 0 Å². The van der Waals surface area contributed by atoms with Crippen LogP contribution in [0.2, 0.25) is 0 Å². The van der Waals surface area contributed by atoms with Gasteiger partial charge in [-0.1, -0.05) is 13.8 Å². The lowest BCUT2D eigenvalue weighted by Crippen LogP contribution is -2.30. The summed E-state index contributed by atoms with van der Waals surface area (Å²) in [4.78, 5) is 0. The summed E-state index contributed by atoms with van der Waals surface area (Å²) in [6, 6.07) is 8.67. The van der Waals surface area contributed by atoms with Crippen molar-refractivity contribution in [3.05, 3.63) is 0 Å². The predicted molar refractivity (Wildman–Crippen MR) is 86.8 cm³/mol. The van der Waals surface area contributed by atoms with E-state index in [-0.39, 0.29) is 16.2 Å². The number of hydrogen-bond donors (Lipinski definition) is 0. The van der Waals surface area contributed by atoms with Gasteiger partial charge in [-0.25, -0.2) is 0 Å². The molecule has 120 valence electrons. The molecule has 4 nitrogen and oxygen atoms in total. The van der Waals surface area contributed by atoms with Crippen LogP contribution >= 0.6 is 0 Å². The molecule has 0 aliphatic carbocycles. The Morgan fingerprint density at radius 1 is 0.636 bits per heavy atom. The summed E-state index contributed by atoms with van der Waals surface area (Å²) in [6.45, 7) is 15.0. The molecule has 0 bridgehead atoms. The first-order chi connectivity index (χ1) is 9.70. The molecule has 0 aromatic heterocycles. The van der Waals surface area contributed by atoms with E-state index < -0.39 is 5.41 Å².